The first-order valence-corrected chi connectivity index (χ1v) is 4.47. The first-order chi connectivity index (χ1) is 6.67. The van der Waals surface area contributed by atoms with Crippen molar-refractivity contribution < 1.29 is 18.3 Å². The quantitative estimate of drug-likeness (QED) is 0.696. The molecule has 1 aliphatic carbocycles. The van der Waals surface area contributed by atoms with Crippen LogP contribution >= 0.6 is 0 Å². The Morgan fingerprint density at radius 1 is 1.79 bits per heavy atom. The third-order valence-electron chi connectivity index (χ3n) is 2.13. The van der Waals surface area contributed by atoms with Crippen molar-refractivity contribution in [2.75, 3.05) is 6.61 Å². The average Bonchev–Trinajstić information content (AvgIpc) is 2.72. The standard InChI is InChI=1S/C9H10FNO3/c1-2-13-8(12)6-7(14-5-11-6)9(10)3-4-9/h5H,2-4H2,1H3. The van der Waals surface area contributed by atoms with Crippen LogP contribution in [-0.2, 0) is 10.4 Å². The van der Waals surface area contributed by atoms with Gasteiger partial charge in [-0.05, 0) is 19.8 Å². The van der Waals surface area contributed by atoms with Gasteiger partial charge in [-0.25, -0.2) is 14.2 Å². The van der Waals surface area contributed by atoms with E-state index < -0.39 is 11.6 Å². The summed E-state index contributed by atoms with van der Waals surface area (Å²) in [5, 5.41) is 0. The number of carbonyl (C=O) groups is 1. The molecule has 0 amide bonds. The van der Waals surface area contributed by atoms with Gasteiger partial charge in [0, 0.05) is 0 Å². The number of halogens is 1. The largest absolute Gasteiger partial charge is 0.461 e. The molecular formula is C9H10FNO3. The summed E-state index contributed by atoms with van der Waals surface area (Å²) in [6.45, 7) is 1.92. The molecule has 2 rings (SSSR count). The van der Waals surface area contributed by atoms with Crippen molar-refractivity contribution in [3.8, 4) is 0 Å². The zero-order valence-corrected chi connectivity index (χ0v) is 7.75. The Balaban J connectivity index is 2.25. The van der Waals surface area contributed by atoms with E-state index in [2.05, 4.69) is 4.98 Å². The zero-order valence-electron chi connectivity index (χ0n) is 7.75. The average molecular weight is 199 g/mol. The number of oxazole rings is 1. The fourth-order valence-corrected chi connectivity index (χ4v) is 1.25. The first kappa shape index (κ1) is 9.18. The number of esters is 1. The second kappa shape index (κ2) is 3.08. The van der Waals surface area contributed by atoms with Crippen molar-refractivity contribution in [1.82, 2.24) is 4.98 Å². The molecule has 0 radical (unpaired) electrons. The second-order valence-electron chi connectivity index (χ2n) is 3.22. The number of hydrogen-bond acceptors (Lipinski definition) is 4. The van der Waals surface area contributed by atoms with Crippen LogP contribution in [0.4, 0.5) is 4.39 Å². The maximum Gasteiger partial charge on any atom is 0.360 e. The molecule has 0 atom stereocenters. The van der Waals surface area contributed by atoms with E-state index in [4.69, 9.17) is 9.15 Å². The lowest BCUT2D eigenvalue weighted by atomic mass is 10.2. The lowest BCUT2D eigenvalue weighted by Crippen LogP contribution is -2.11. The van der Waals surface area contributed by atoms with E-state index in [9.17, 15) is 9.18 Å². The maximum absolute atomic E-state index is 13.6. The van der Waals surface area contributed by atoms with Crippen LogP contribution in [0.25, 0.3) is 0 Å². The molecule has 1 fully saturated rings. The summed E-state index contributed by atoms with van der Waals surface area (Å²) in [7, 11) is 0. The Bertz CT molecular complexity index is 357. The van der Waals surface area contributed by atoms with Crippen LogP contribution in [0.1, 0.15) is 36.0 Å². The van der Waals surface area contributed by atoms with Crippen LogP contribution in [0.3, 0.4) is 0 Å². The minimum absolute atomic E-state index is 0.0101. The molecule has 0 bridgehead atoms. The van der Waals surface area contributed by atoms with Crippen LogP contribution in [0.15, 0.2) is 10.8 Å². The smallest absolute Gasteiger partial charge is 0.360 e. The van der Waals surface area contributed by atoms with Gasteiger partial charge in [-0.1, -0.05) is 0 Å². The molecular weight excluding hydrogens is 189 g/mol. The summed E-state index contributed by atoms with van der Waals surface area (Å²) in [4.78, 5) is 14.9. The van der Waals surface area contributed by atoms with Gasteiger partial charge in [0.2, 0.25) is 0 Å². The molecule has 1 aromatic rings. The van der Waals surface area contributed by atoms with Gasteiger partial charge in [0.1, 0.15) is 0 Å². The molecule has 4 nitrogen and oxygen atoms in total. The molecule has 0 N–H and O–H groups in total. The summed E-state index contributed by atoms with van der Waals surface area (Å²) >= 11 is 0. The number of alkyl halides is 1. The third-order valence-corrected chi connectivity index (χ3v) is 2.13. The Kier molecular flexibility index (Phi) is 2.02. The molecule has 1 aliphatic rings. The highest BCUT2D eigenvalue weighted by molar-refractivity contribution is 5.88. The van der Waals surface area contributed by atoms with E-state index in [1.165, 1.54) is 0 Å². The second-order valence-corrected chi connectivity index (χ2v) is 3.22. The number of carbonyl (C=O) groups excluding carboxylic acids is 1. The predicted molar refractivity (Wildman–Crippen MR) is 44.5 cm³/mol. The van der Waals surface area contributed by atoms with Crippen molar-refractivity contribution in [2.24, 2.45) is 0 Å². The van der Waals surface area contributed by atoms with Gasteiger partial charge in [0.25, 0.3) is 0 Å². The van der Waals surface area contributed by atoms with Gasteiger partial charge >= 0.3 is 5.97 Å². The summed E-state index contributed by atoms with van der Waals surface area (Å²) in [5.41, 5.74) is -1.52. The van der Waals surface area contributed by atoms with E-state index in [0.29, 0.717) is 12.8 Å². The monoisotopic (exact) mass is 199 g/mol. The maximum atomic E-state index is 13.6. The van der Waals surface area contributed by atoms with Crippen LogP contribution < -0.4 is 0 Å². The Morgan fingerprint density at radius 2 is 2.50 bits per heavy atom. The van der Waals surface area contributed by atoms with Gasteiger partial charge in [-0.2, -0.15) is 0 Å². The lowest BCUT2D eigenvalue weighted by Gasteiger charge is -2.02. The highest BCUT2D eigenvalue weighted by Gasteiger charge is 2.51. The molecule has 0 spiro atoms. The van der Waals surface area contributed by atoms with Crippen molar-refractivity contribution in [3.63, 3.8) is 0 Å². The minimum Gasteiger partial charge on any atom is -0.461 e. The molecule has 1 heterocycles. The van der Waals surface area contributed by atoms with Crippen LogP contribution in [0, 0.1) is 0 Å². The van der Waals surface area contributed by atoms with Crippen molar-refractivity contribution in [1.29, 1.82) is 0 Å². The SMILES string of the molecule is CCOC(=O)c1ncoc1C1(F)CC1. The Morgan fingerprint density at radius 3 is 3.07 bits per heavy atom. The normalized spacial score (nSPS) is 17.9. The van der Waals surface area contributed by atoms with Crippen molar-refractivity contribution in [2.45, 2.75) is 25.4 Å². The van der Waals surface area contributed by atoms with E-state index in [-0.39, 0.29) is 18.1 Å². The number of rotatable bonds is 3. The summed E-state index contributed by atoms with van der Waals surface area (Å²) < 4.78 is 23.2. The highest BCUT2D eigenvalue weighted by Crippen LogP contribution is 2.50. The summed E-state index contributed by atoms with van der Waals surface area (Å²) in [6.07, 6.45) is 1.84. The summed E-state index contributed by atoms with van der Waals surface area (Å²) in [6, 6.07) is 0. The molecule has 14 heavy (non-hydrogen) atoms. The Labute approximate surface area is 80.1 Å². The van der Waals surface area contributed by atoms with Gasteiger partial charge < -0.3 is 9.15 Å². The fourth-order valence-electron chi connectivity index (χ4n) is 1.25. The molecule has 1 aromatic heterocycles. The zero-order chi connectivity index (χ0) is 10.2. The summed E-state index contributed by atoms with van der Waals surface area (Å²) in [5.74, 6) is -0.615. The lowest BCUT2D eigenvalue weighted by molar-refractivity contribution is 0.0513. The molecule has 0 aromatic carbocycles. The van der Waals surface area contributed by atoms with Gasteiger partial charge in [-0.3, -0.25) is 0 Å². The van der Waals surface area contributed by atoms with Gasteiger partial charge in [0.15, 0.2) is 23.5 Å². The number of ether oxygens (including phenoxy) is 1. The van der Waals surface area contributed by atoms with E-state index in [0.717, 1.165) is 6.39 Å². The molecule has 5 heteroatoms. The first-order valence-electron chi connectivity index (χ1n) is 4.47. The van der Waals surface area contributed by atoms with Crippen LogP contribution in [0.2, 0.25) is 0 Å². The van der Waals surface area contributed by atoms with Crippen LogP contribution in [0.5, 0.6) is 0 Å². The van der Waals surface area contributed by atoms with Gasteiger partial charge in [-0.15, -0.1) is 0 Å². The van der Waals surface area contributed by atoms with Crippen molar-refractivity contribution in [3.05, 3.63) is 17.8 Å². The minimum atomic E-state index is -1.49. The van der Waals surface area contributed by atoms with Gasteiger partial charge in [0.05, 0.1) is 6.61 Å². The fraction of sp³-hybridized carbons (Fsp3) is 0.556. The molecule has 0 saturated heterocycles. The van der Waals surface area contributed by atoms with Crippen molar-refractivity contribution >= 4 is 5.97 Å². The van der Waals surface area contributed by atoms with E-state index in [1.54, 1.807) is 6.92 Å². The molecule has 0 unspecified atom stereocenters. The number of aromatic nitrogens is 1. The topological polar surface area (TPSA) is 52.3 Å². The molecule has 1 saturated carbocycles. The number of nitrogens with zero attached hydrogens (tertiary/aromatic N) is 1. The third kappa shape index (κ3) is 1.38. The number of hydrogen-bond donors (Lipinski definition) is 0. The van der Waals surface area contributed by atoms with E-state index >= 15 is 0 Å². The molecule has 0 aliphatic heterocycles. The molecule has 76 valence electrons. The Hall–Kier alpha value is -1.39. The predicted octanol–water partition coefficient (Wildman–Crippen LogP) is 1.81. The van der Waals surface area contributed by atoms with E-state index in [1.807, 2.05) is 0 Å². The highest BCUT2D eigenvalue weighted by atomic mass is 19.1. The van der Waals surface area contributed by atoms with Crippen LogP contribution in [-0.4, -0.2) is 17.6 Å².